The van der Waals surface area contributed by atoms with Gasteiger partial charge in [0.25, 0.3) is 0 Å². The van der Waals surface area contributed by atoms with E-state index in [0.29, 0.717) is 5.75 Å². The zero-order chi connectivity index (χ0) is 17.4. The molecule has 0 unspecified atom stereocenters. The molecule has 1 N–H and O–H groups in total. The Kier molecular flexibility index (Phi) is 6.64. The van der Waals surface area contributed by atoms with E-state index >= 15 is 0 Å². The van der Waals surface area contributed by atoms with E-state index in [2.05, 4.69) is 40.6 Å². The quantitative estimate of drug-likeness (QED) is 0.280. The minimum Gasteiger partial charge on any atom is -0.444 e. The summed E-state index contributed by atoms with van der Waals surface area (Å²) in [5, 5.41) is 12.4. The van der Waals surface area contributed by atoms with Crippen LogP contribution in [0.4, 0.5) is 5.69 Å². The van der Waals surface area contributed by atoms with E-state index in [1.807, 2.05) is 61.5 Å². The first-order chi connectivity index (χ1) is 11.6. The molecule has 0 saturated carbocycles. The van der Waals surface area contributed by atoms with Crippen LogP contribution in [-0.2, 0) is 0 Å². The summed E-state index contributed by atoms with van der Waals surface area (Å²) in [5.41, 5.74) is 3.05. The van der Waals surface area contributed by atoms with Gasteiger partial charge in [-0.05, 0) is 64.9 Å². The van der Waals surface area contributed by atoms with Gasteiger partial charge in [-0.3, -0.25) is 0 Å². The largest absolute Gasteiger partial charge is 0.444 e. The lowest BCUT2D eigenvalue weighted by Crippen LogP contribution is -2.00. The minimum absolute atomic E-state index is 0.194. The Hall–Kier alpha value is -2.52. The Labute approximate surface area is 156 Å². The highest BCUT2D eigenvalue weighted by Crippen LogP contribution is 2.27. The van der Waals surface area contributed by atoms with Crippen LogP contribution in [0.2, 0.25) is 0 Å². The molecule has 4 heteroatoms. The lowest BCUT2D eigenvalue weighted by molar-refractivity contribution is 0.444. The first-order valence-corrected chi connectivity index (χ1v) is 8.41. The highest BCUT2D eigenvalue weighted by Gasteiger charge is 2.08. The maximum Gasteiger partial charge on any atom is 0.219 e. The van der Waals surface area contributed by atoms with Gasteiger partial charge in [-0.15, -0.1) is 0 Å². The normalized spacial score (nSPS) is 11.1. The van der Waals surface area contributed by atoms with E-state index in [-0.39, 0.29) is 5.76 Å². The maximum absolute atomic E-state index is 9.31. The predicted molar refractivity (Wildman–Crippen MR) is 108 cm³/mol. The van der Waals surface area contributed by atoms with Gasteiger partial charge in [0, 0.05) is 5.69 Å². The molecule has 0 fully saturated rings. The molecule has 0 aliphatic rings. The Morgan fingerprint density at radius 2 is 2.04 bits per heavy atom. The molecule has 0 atom stereocenters. The van der Waals surface area contributed by atoms with E-state index in [1.165, 1.54) is 0 Å². The number of hydrogen-bond donors (Lipinski definition) is 1. The molecule has 2 aromatic carbocycles. The Morgan fingerprint density at radius 3 is 2.71 bits per heavy atom. The Bertz CT molecular complexity index is 818. The second kappa shape index (κ2) is 8.94. The summed E-state index contributed by atoms with van der Waals surface area (Å²) in [6.45, 7) is 5.71. The average molecular weight is 428 g/mol. The second-order valence-electron chi connectivity index (χ2n) is 4.97. The van der Waals surface area contributed by atoms with Crippen LogP contribution in [-0.4, -0.2) is 0 Å². The molecule has 0 bridgehead atoms. The van der Waals surface area contributed by atoms with E-state index in [9.17, 15) is 5.26 Å². The topological polar surface area (TPSA) is 45.0 Å². The Morgan fingerprint density at radius 1 is 1.29 bits per heavy atom. The molecule has 0 aliphatic carbocycles. The predicted octanol–water partition coefficient (Wildman–Crippen LogP) is 5.65. The third kappa shape index (κ3) is 5.00. The number of hydrogen-bond acceptors (Lipinski definition) is 3. The number of benzene rings is 2. The average Bonchev–Trinajstić information content (AvgIpc) is 2.60. The number of rotatable bonds is 6. The smallest absolute Gasteiger partial charge is 0.219 e. The summed E-state index contributed by atoms with van der Waals surface area (Å²) >= 11 is 2.20. The zero-order valence-corrected chi connectivity index (χ0v) is 15.4. The Balaban J connectivity index is 2.23. The number of halogens is 1. The van der Waals surface area contributed by atoms with Crippen LogP contribution >= 0.6 is 22.6 Å². The molecule has 0 aromatic heterocycles. The van der Waals surface area contributed by atoms with E-state index in [0.717, 1.165) is 20.4 Å². The number of nitrogens with one attached hydrogen (secondary N) is 1. The summed E-state index contributed by atoms with van der Waals surface area (Å²) < 4.78 is 6.71. The highest BCUT2D eigenvalue weighted by molar-refractivity contribution is 14.1. The molecule has 2 aromatic rings. The van der Waals surface area contributed by atoms with Gasteiger partial charge in [0.05, 0.1) is 9.77 Å². The van der Waals surface area contributed by atoms with E-state index < -0.39 is 0 Å². The molecule has 24 heavy (non-hydrogen) atoms. The summed E-state index contributed by atoms with van der Waals surface area (Å²) in [6, 6.07) is 15.6. The zero-order valence-electron chi connectivity index (χ0n) is 13.3. The fraction of sp³-hybridized carbons (Fsp3) is 0.0500. The van der Waals surface area contributed by atoms with Gasteiger partial charge in [0.2, 0.25) is 5.76 Å². The summed E-state index contributed by atoms with van der Waals surface area (Å²) in [6.07, 6.45) is 7.12. The lowest BCUT2D eigenvalue weighted by atomic mass is 10.1. The molecule has 120 valence electrons. The van der Waals surface area contributed by atoms with Crippen LogP contribution in [0.1, 0.15) is 11.1 Å². The molecule has 0 aliphatic heterocycles. The summed E-state index contributed by atoms with van der Waals surface area (Å²) in [5.74, 6) is 0.840. The number of aryl methyl sites for hydroxylation is 1. The highest BCUT2D eigenvalue weighted by atomic mass is 127. The standard InChI is InChI=1S/C20H17IN2O/c1-3-4-8-16-12-20(19(21)11-15(16)2)24-18(13-22)14-23-17-9-6-5-7-10-17/h3-12,14,23H,1H2,2H3. The van der Waals surface area contributed by atoms with Crippen molar-refractivity contribution in [2.75, 3.05) is 5.32 Å². The third-order valence-electron chi connectivity index (χ3n) is 3.21. The first-order valence-electron chi connectivity index (χ1n) is 7.33. The number of para-hydroxylation sites is 1. The lowest BCUT2D eigenvalue weighted by Gasteiger charge is -2.10. The third-order valence-corrected chi connectivity index (χ3v) is 4.05. The van der Waals surface area contributed by atoms with Crippen LogP contribution < -0.4 is 10.1 Å². The maximum atomic E-state index is 9.31. The van der Waals surface area contributed by atoms with Gasteiger partial charge in [0.15, 0.2) is 0 Å². The van der Waals surface area contributed by atoms with Crippen molar-refractivity contribution in [3.63, 3.8) is 0 Å². The fourth-order valence-corrected chi connectivity index (χ4v) is 2.72. The number of ether oxygens (including phenoxy) is 1. The van der Waals surface area contributed by atoms with Gasteiger partial charge >= 0.3 is 0 Å². The van der Waals surface area contributed by atoms with Gasteiger partial charge < -0.3 is 10.1 Å². The van der Waals surface area contributed by atoms with Gasteiger partial charge in [0.1, 0.15) is 11.8 Å². The molecule has 0 heterocycles. The van der Waals surface area contributed by atoms with Crippen molar-refractivity contribution in [3.05, 3.63) is 87.9 Å². The molecule has 0 amide bonds. The van der Waals surface area contributed by atoms with Gasteiger partial charge in [-0.25, -0.2) is 0 Å². The molecule has 0 saturated heterocycles. The molecular weight excluding hydrogens is 411 g/mol. The molecular formula is C20H17IN2O. The molecule has 3 nitrogen and oxygen atoms in total. The summed E-state index contributed by atoms with van der Waals surface area (Å²) in [7, 11) is 0. The molecule has 0 radical (unpaired) electrons. The molecule has 2 rings (SSSR count). The van der Waals surface area contributed by atoms with Crippen molar-refractivity contribution in [2.45, 2.75) is 6.92 Å². The van der Waals surface area contributed by atoms with Crippen LogP contribution in [0.3, 0.4) is 0 Å². The fourth-order valence-electron chi connectivity index (χ4n) is 1.98. The van der Waals surface area contributed by atoms with Gasteiger partial charge in [-0.2, -0.15) is 5.26 Å². The first kappa shape index (κ1) is 17.8. The van der Waals surface area contributed by atoms with Crippen LogP contribution in [0, 0.1) is 21.8 Å². The minimum atomic E-state index is 0.194. The van der Waals surface area contributed by atoms with Crippen molar-refractivity contribution in [1.29, 1.82) is 5.26 Å². The number of nitriles is 1. The monoisotopic (exact) mass is 428 g/mol. The van der Waals surface area contributed by atoms with Crippen molar-refractivity contribution in [3.8, 4) is 11.8 Å². The number of allylic oxidation sites excluding steroid dienone is 3. The van der Waals surface area contributed by atoms with Crippen molar-refractivity contribution in [2.24, 2.45) is 0 Å². The van der Waals surface area contributed by atoms with Crippen LogP contribution in [0.15, 0.2) is 73.2 Å². The second-order valence-corrected chi connectivity index (χ2v) is 6.13. The molecule has 0 spiro atoms. The van der Waals surface area contributed by atoms with Crippen molar-refractivity contribution >= 4 is 34.4 Å². The number of nitrogens with zero attached hydrogens (tertiary/aromatic N) is 1. The van der Waals surface area contributed by atoms with E-state index in [4.69, 9.17) is 4.74 Å². The SMILES string of the molecule is C=CC=Cc1cc(OC(C#N)=CNc2ccccc2)c(I)cc1C. The van der Waals surface area contributed by atoms with Crippen molar-refractivity contribution < 1.29 is 4.74 Å². The van der Waals surface area contributed by atoms with Crippen molar-refractivity contribution in [1.82, 2.24) is 0 Å². The van der Waals surface area contributed by atoms with Crippen LogP contribution in [0.25, 0.3) is 6.08 Å². The number of anilines is 1. The van der Waals surface area contributed by atoms with Crippen LogP contribution in [0.5, 0.6) is 5.75 Å². The van der Waals surface area contributed by atoms with E-state index in [1.54, 1.807) is 12.3 Å². The van der Waals surface area contributed by atoms with Gasteiger partial charge in [-0.1, -0.05) is 43.0 Å². The summed E-state index contributed by atoms with van der Waals surface area (Å²) in [4.78, 5) is 0.